The molecule has 2 heterocycles. The summed E-state index contributed by atoms with van der Waals surface area (Å²) in [6.07, 6.45) is 1.50. The van der Waals surface area contributed by atoms with Crippen LogP contribution in [0.4, 0.5) is 4.39 Å². The molecule has 1 amide bonds. The van der Waals surface area contributed by atoms with Crippen molar-refractivity contribution in [1.29, 1.82) is 0 Å². The quantitative estimate of drug-likeness (QED) is 0.662. The fraction of sp³-hybridized carbons (Fsp3) is 0.167. The number of aromatic hydroxyl groups is 1. The zero-order chi connectivity index (χ0) is 17.8. The molecule has 1 aromatic carbocycles. The van der Waals surface area contributed by atoms with Crippen LogP contribution >= 0.6 is 0 Å². The van der Waals surface area contributed by atoms with Crippen LogP contribution in [-0.2, 0) is 13.1 Å². The van der Waals surface area contributed by atoms with Gasteiger partial charge in [0.15, 0.2) is 11.4 Å². The third kappa shape index (κ3) is 3.72. The first-order valence-electron chi connectivity index (χ1n) is 7.73. The summed E-state index contributed by atoms with van der Waals surface area (Å²) in [6, 6.07) is 9.42. The van der Waals surface area contributed by atoms with Crippen molar-refractivity contribution in [3.05, 3.63) is 65.4 Å². The van der Waals surface area contributed by atoms with Crippen molar-refractivity contribution in [3.63, 3.8) is 0 Å². The van der Waals surface area contributed by atoms with E-state index >= 15 is 0 Å². The topological polar surface area (TPSA) is 87.1 Å². The summed E-state index contributed by atoms with van der Waals surface area (Å²) >= 11 is 0. The minimum absolute atomic E-state index is 0.0938. The Morgan fingerprint density at radius 3 is 2.64 bits per heavy atom. The summed E-state index contributed by atoms with van der Waals surface area (Å²) < 4.78 is 12.9. The maximum Gasteiger partial charge on any atom is 0.274 e. The average Bonchev–Trinajstić information content (AvgIpc) is 2.62. The molecule has 0 aliphatic heterocycles. The smallest absolute Gasteiger partial charge is 0.274 e. The first kappa shape index (κ1) is 16.8. The second kappa shape index (κ2) is 7.23. The standard InChI is InChI=1S/C18H17FN4O2/c1-20-10-14-7-4-12-9-21-16(17(24)15(12)23-14)18(25)22-8-11-2-5-13(19)6-3-11/h2-7,9,20,24H,8,10H2,1H3,(H,22,25). The number of amides is 1. The van der Waals surface area contributed by atoms with E-state index in [-0.39, 0.29) is 23.8 Å². The molecule has 128 valence electrons. The van der Waals surface area contributed by atoms with Crippen LogP contribution in [0.25, 0.3) is 10.9 Å². The zero-order valence-corrected chi connectivity index (χ0v) is 13.6. The third-order valence-electron chi connectivity index (χ3n) is 3.70. The van der Waals surface area contributed by atoms with Crippen molar-refractivity contribution in [3.8, 4) is 5.75 Å². The van der Waals surface area contributed by atoms with Crippen LogP contribution in [0.15, 0.2) is 42.6 Å². The molecule has 0 saturated heterocycles. The number of halogens is 1. The number of nitrogens with zero attached hydrogens (tertiary/aromatic N) is 2. The number of rotatable bonds is 5. The number of fused-ring (bicyclic) bond motifs is 1. The van der Waals surface area contributed by atoms with Crippen LogP contribution in [0.2, 0.25) is 0 Å². The summed E-state index contributed by atoms with van der Waals surface area (Å²) in [7, 11) is 1.80. The minimum atomic E-state index is -0.524. The first-order valence-corrected chi connectivity index (χ1v) is 7.73. The van der Waals surface area contributed by atoms with Gasteiger partial charge in [0.1, 0.15) is 11.3 Å². The van der Waals surface area contributed by atoms with E-state index in [1.165, 1.54) is 18.3 Å². The van der Waals surface area contributed by atoms with E-state index in [1.54, 1.807) is 25.2 Å². The number of carbonyl (C=O) groups excluding carboxylic acids is 1. The van der Waals surface area contributed by atoms with Crippen molar-refractivity contribution in [2.75, 3.05) is 7.05 Å². The van der Waals surface area contributed by atoms with Gasteiger partial charge >= 0.3 is 0 Å². The molecule has 3 rings (SSSR count). The number of pyridine rings is 2. The molecule has 0 fully saturated rings. The molecule has 3 N–H and O–H groups in total. The van der Waals surface area contributed by atoms with E-state index in [1.807, 2.05) is 6.07 Å². The van der Waals surface area contributed by atoms with Gasteiger partial charge in [0, 0.05) is 24.7 Å². The van der Waals surface area contributed by atoms with Gasteiger partial charge in [-0.25, -0.2) is 14.4 Å². The molecular weight excluding hydrogens is 323 g/mol. The molecule has 3 aromatic rings. The highest BCUT2D eigenvalue weighted by molar-refractivity contribution is 6.00. The second-order valence-corrected chi connectivity index (χ2v) is 5.54. The lowest BCUT2D eigenvalue weighted by molar-refractivity contribution is 0.0943. The number of hydrogen-bond acceptors (Lipinski definition) is 5. The molecule has 25 heavy (non-hydrogen) atoms. The van der Waals surface area contributed by atoms with E-state index < -0.39 is 5.91 Å². The van der Waals surface area contributed by atoms with Gasteiger partial charge in [-0.05, 0) is 36.9 Å². The molecule has 2 aromatic heterocycles. The number of hydrogen-bond donors (Lipinski definition) is 3. The predicted molar refractivity (Wildman–Crippen MR) is 91.5 cm³/mol. The van der Waals surface area contributed by atoms with E-state index in [9.17, 15) is 14.3 Å². The Bertz CT molecular complexity index is 913. The van der Waals surface area contributed by atoms with E-state index in [2.05, 4.69) is 20.6 Å². The third-order valence-corrected chi connectivity index (χ3v) is 3.70. The van der Waals surface area contributed by atoms with Gasteiger partial charge in [-0.2, -0.15) is 0 Å². The molecule has 7 heteroatoms. The lowest BCUT2D eigenvalue weighted by Crippen LogP contribution is -2.24. The van der Waals surface area contributed by atoms with Crippen molar-refractivity contribution in [2.45, 2.75) is 13.1 Å². The van der Waals surface area contributed by atoms with Crippen LogP contribution in [-0.4, -0.2) is 28.0 Å². The van der Waals surface area contributed by atoms with Gasteiger partial charge in [-0.15, -0.1) is 0 Å². The highest BCUT2D eigenvalue weighted by Crippen LogP contribution is 2.25. The summed E-state index contributed by atoms with van der Waals surface area (Å²) in [5, 5.41) is 16.7. The molecule has 6 nitrogen and oxygen atoms in total. The van der Waals surface area contributed by atoms with Crippen molar-refractivity contribution < 1.29 is 14.3 Å². The van der Waals surface area contributed by atoms with Crippen LogP contribution in [0.1, 0.15) is 21.7 Å². The SMILES string of the molecule is CNCc1ccc2cnc(C(=O)NCc3ccc(F)cc3)c(O)c2n1. The molecule has 0 aliphatic rings. The average molecular weight is 340 g/mol. The van der Waals surface area contributed by atoms with Gasteiger partial charge in [0.25, 0.3) is 5.91 Å². The van der Waals surface area contributed by atoms with Gasteiger partial charge in [-0.3, -0.25) is 4.79 Å². The van der Waals surface area contributed by atoms with Crippen LogP contribution in [0, 0.1) is 5.82 Å². The van der Waals surface area contributed by atoms with Crippen LogP contribution in [0.5, 0.6) is 5.75 Å². The number of aromatic nitrogens is 2. The van der Waals surface area contributed by atoms with Gasteiger partial charge < -0.3 is 15.7 Å². The summed E-state index contributed by atoms with van der Waals surface area (Å²) in [6.45, 7) is 0.745. The minimum Gasteiger partial charge on any atom is -0.504 e. The molecule has 0 spiro atoms. The lowest BCUT2D eigenvalue weighted by atomic mass is 10.2. The Hall–Kier alpha value is -3.06. The molecule has 0 atom stereocenters. The second-order valence-electron chi connectivity index (χ2n) is 5.54. The van der Waals surface area contributed by atoms with Gasteiger partial charge in [-0.1, -0.05) is 12.1 Å². The summed E-state index contributed by atoms with van der Waals surface area (Å²) in [5.41, 5.74) is 1.72. The van der Waals surface area contributed by atoms with Crippen molar-refractivity contribution in [2.24, 2.45) is 0 Å². The predicted octanol–water partition coefficient (Wildman–Crippen LogP) is 2.12. The van der Waals surface area contributed by atoms with Crippen molar-refractivity contribution in [1.82, 2.24) is 20.6 Å². The first-order chi connectivity index (χ1) is 12.1. The Labute approximate surface area is 143 Å². The number of nitrogens with one attached hydrogen (secondary N) is 2. The van der Waals surface area contributed by atoms with E-state index in [0.29, 0.717) is 17.4 Å². The number of benzene rings is 1. The lowest BCUT2D eigenvalue weighted by Gasteiger charge is -2.09. The van der Waals surface area contributed by atoms with Gasteiger partial charge in [0.2, 0.25) is 0 Å². The molecular formula is C18H17FN4O2. The normalized spacial score (nSPS) is 10.8. The molecule has 0 saturated carbocycles. The zero-order valence-electron chi connectivity index (χ0n) is 13.6. The molecule has 0 bridgehead atoms. The van der Waals surface area contributed by atoms with E-state index in [4.69, 9.17) is 0 Å². The molecule has 0 radical (unpaired) electrons. The van der Waals surface area contributed by atoms with Crippen LogP contribution < -0.4 is 10.6 Å². The molecule has 0 aliphatic carbocycles. The highest BCUT2D eigenvalue weighted by Gasteiger charge is 2.16. The van der Waals surface area contributed by atoms with Crippen molar-refractivity contribution >= 4 is 16.8 Å². The Kier molecular flexibility index (Phi) is 4.85. The molecule has 0 unspecified atom stereocenters. The Morgan fingerprint density at radius 2 is 1.92 bits per heavy atom. The fourth-order valence-corrected chi connectivity index (χ4v) is 2.43. The maximum absolute atomic E-state index is 12.9. The van der Waals surface area contributed by atoms with E-state index in [0.717, 1.165) is 11.3 Å². The Balaban J connectivity index is 1.82. The largest absolute Gasteiger partial charge is 0.504 e. The Morgan fingerprint density at radius 1 is 1.16 bits per heavy atom. The fourth-order valence-electron chi connectivity index (χ4n) is 2.43. The van der Waals surface area contributed by atoms with Crippen LogP contribution in [0.3, 0.4) is 0 Å². The monoisotopic (exact) mass is 340 g/mol. The summed E-state index contributed by atoms with van der Waals surface area (Å²) in [4.78, 5) is 20.7. The maximum atomic E-state index is 12.9. The highest BCUT2D eigenvalue weighted by atomic mass is 19.1. The number of carbonyl (C=O) groups is 1. The van der Waals surface area contributed by atoms with Gasteiger partial charge in [0.05, 0.1) is 5.69 Å². The summed E-state index contributed by atoms with van der Waals surface area (Å²) in [5.74, 6) is -1.12.